The van der Waals surface area contributed by atoms with E-state index in [2.05, 4.69) is 10.3 Å². The molecule has 0 spiro atoms. The highest BCUT2D eigenvalue weighted by molar-refractivity contribution is 5.98. The van der Waals surface area contributed by atoms with E-state index < -0.39 is 0 Å². The lowest BCUT2D eigenvalue weighted by atomic mass is 9.53. The molecule has 2 N–H and O–H groups in total. The van der Waals surface area contributed by atoms with Crippen LogP contribution >= 0.6 is 0 Å². The first-order chi connectivity index (χ1) is 11.6. The summed E-state index contributed by atoms with van der Waals surface area (Å²) in [5.74, 6) is 3.37. The van der Waals surface area contributed by atoms with Crippen molar-refractivity contribution < 1.29 is 9.53 Å². The Kier molecular flexibility index (Phi) is 3.00. The van der Waals surface area contributed by atoms with E-state index in [4.69, 9.17) is 4.74 Å². The molecule has 1 aromatic carbocycles. The number of hydrogen-bond donors (Lipinski definition) is 2. The van der Waals surface area contributed by atoms with E-state index in [1.54, 1.807) is 7.11 Å². The van der Waals surface area contributed by atoms with Crippen LogP contribution in [-0.2, 0) is 0 Å². The molecule has 1 aromatic heterocycles. The Labute approximate surface area is 142 Å². The number of rotatable bonds is 3. The molecule has 0 aliphatic heterocycles. The van der Waals surface area contributed by atoms with Crippen LogP contribution in [0.2, 0.25) is 0 Å². The molecule has 0 unspecified atom stereocenters. The van der Waals surface area contributed by atoms with Gasteiger partial charge >= 0.3 is 0 Å². The fraction of sp³-hybridized carbons (Fsp3) is 0.550. The molecule has 4 fully saturated rings. The van der Waals surface area contributed by atoms with E-state index in [0.29, 0.717) is 5.69 Å². The van der Waals surface area contributed by atoms with Crippen molar-refractivity contribution in [3.63, 3.8) is 0 Å². The zero-order valence-corrected chi connectivity index (χ0v) is 14.1. The average Bonchev–Trinajstić information content (AvgIpc) is 2.96. The Morgan fingerprint density at radius 1 is 1.12 bits per heavy atom. The Balaban J connectivity index is 1.40. The summed E-state index contributed by atoms with van der Waals surface area (Å²) in [6, 6.07) is 7.79. The molecule has 1 amide bonds. The Morgan fingerprint density at radius 2 is 1.79 bits per heavy atom. The summed E-state index contributed by atoms with van der Waals surface area (Å²) in [5, 5.41) is 4.45. The minimum absolute atomic E-state index is 0.0483. The largest absolute Gasteiger partial charge is 0.497 e. The van der Waals surface area contributed by atoms with Crippen LogP contribution in [0, 0.1) is 17.8 Å². The Bertz CT molecular complexity index is 772. The van der Waals surface area contributed by atoms with Crippen LogP contribution in [0.3, 0.4) is 0 Å². The van der Waals surface area contributed by atoms with Gasteiger partial charge in [0, 0.05) is 16.4 Å². The highest BCUT2D eigenvalue weighted by Crippen LogP contribution is 2.55. The summed E-state index contributed by atoms with van der Waals surface area (Å²) >= 11 is 0. The number of amides is 1. The Morgan fingerprint density at radius 3 is 2.42 bits per heavy atom. The third-order valence-electron chi connectivity index (χ3n) is 6.49. The zero-order valence-electron chi connectivity index (χ0n) is 14.1. The summed E-state index contributed by atoms with van der Waals surface area (Å²) in [4.78, 5) is 16.1. The number of fused-ring (bicyclic) bond motifs is 1. The van der Waals surface area contributed by atoms with Gasteiger partial charge in [-0.25, -0.2) is 0 Å². The second-order valence-electron chi connectivity index (χ2n) is 8.29. The van der Waals surface area contributed by atoms with Gasteiger partial charge in [-0.3, -0.25) is 4.79 Å². The van der Waals surface area contributed by atoms with E-state index in [-0.39, 0.29) is 11.4 Å². The van der Waals surface area contributed by atoms with E-state index in [1.807, 2.05) is 24.3 Å². The van der Waals surface area contributed by atoms with Gasteiger partial charge in [0.1, 0.15) is 11.4 Å². The SMILES string of the molecule is COc1ccc2[nH]c(C(=O)NC34CC5CC(CC(C5)C3)C4)cc2c1. The van der Waals surface area contributed by atoms with Gasteiger partial charge in [0.25, 0.3) is 5.91 Å². The number of carbonyl (C=O) groups is 1. The average molecular weight is 324 g/mol. The van der Waals surface area contributed by atoms with Gasteiger partial charge in [-0.05, 0) is 80.5 Å². The number of aromatic amines is 1. The summed E-state index contributed by atoms with van der Waals surface area (Å²) in [6.45, 7) is 0. The monoisotopic (exact) mass is 324 g/mol. The maximum absolute atomic E-state index is 12.9. The van der Waals surface area contributed by atoms with E-state index in [1.165, 1.54) is 38.5 Å². The van der Waals surface area contributed by atoms with Gasteiger partial charge < -0.3 is 15.0 Å². The molecular formula is C20H24N2O2. The fourth-order valence-corrected chi connectivity index (χ4v) is 5.93. The van der Waals surface area contributed by atoms with Crippen LogP contribution in [0.4, 0.5) is 0 Å². The van der Waals surface area contributed by atoms with Crippen LogP contribution in [0.15, 0.2) is 24.3 Å². The minimum Gasteiger partial charge on any atom is -0.497 e. The molecule has 4 aliphatic rings. The van der Waals surface area contributed by atoms with Crippen LogP contribution < -0.4 is 10.1 Å². The highest BCUT2D eigenvalue weighted by Gasteiger charge is 2.51. The molecule has 6 rings (SSSR count). The number of carbonyl (C=O) groups excluding carboxylic acids is 1. The number of methoxy groups -OCH3 is 1. The lowest BCUT2D eigenvalue weighted by molar-refractivity contribution is -0.0167. The molecular weight excluding hydrogens is 300 g/mol. The van der Waals surface area contributed by atoms with Crippen molar-refractivity contribution in [2.24, 2.45) is 17.8 Å². The first kappa shape index (κ1) is 14.4. The molecule has 0 saturated heterocycles. The summed E-state index contributed by atoms with van der Waals surface area (Å²) in [7, 11) is 1.66. The first-order valence-corrected chi connectivity index (χ1v) is 9.12. The van der Waals surface area contributed by atoms with Gasteiger partial charge in [0.05, 0.1) is 7.11 Å². The van der Waals surface area contributed by atoms with Gasteiger partial charge in [-0.2, -0.15) is 0 Å². The molecule has 126 valence electrons. The quantitative estimate of drug-likeness (QED) is 0.900. The predicted octanol–water partition coefficient (Wildman–Crippen LogP) is 3.88. The molecule has 4 heteroatoms. The zero-order chi connectivity index (χ0) is 16.3. The summed E-state index contributed by atoms with van der Waals surface area (Å²) < 4.78 is 5.27. The maximum atomic E-state index is 12.9. The highest BCUT2D eigenvalue weighted by atomic mass is 16.5. The van der Waals surface area contributed by atoms with E-state index in [0.717, 1.165) is 34.4 Å². The number of nitrogens with one attached hydrogen (secondary N) is 2. The third kappa shape index (κ3) is 2.23. The first-order valence-electron chi connectivity index (χ1n) is 9.12. The fourth-order valence-electron chi connectivity index (χ4n) is 5.93. The van der Waals surface area contributed by atoms with Crippen LogP contribution in [0.1, 0.15) is 49.0 Å². The summed E-state index contributed by atoms with van der Waals surface area (Å²) in [5.41, 5.74) is 1.70. The van der Waals surface area contributed by atoms with Gasteiger partial charge in [-0.15, -0.1) is 0 Å². The van der Waals surface area contributed by atoms with Gasteiger partial charge in [0.2, 0.25) is 0 Å². The lowest BCUT2D eigenvalue weighted by Crippen LogP contribution is -2.59. The van der Waals surface area contributed by atoms with Crippen molar-refractivity contribution in [2.75, 3.05) is 7.11 Å². The molecule has 4 aliphatic carbocycles. The number of ether oxygens (including phenoxy) is 1. The normalized spacial score (nSPS) is 33.8. The molecule has 4 saturated carbocycles. The van der Waals surface area contributed by atoms with Crippen LogP contribution in [0.25, 0.3) is 10.9 Å². The topological polar surface area (TPSA) is 54.1 Å². The Hall–Kier alpha value is -1.97. The van der Waals surface area contributed by atoms with Crippen LogP contribution in [0.5, 0.6) is 5.75 Å². The van der Waals surface area contributed by atoms with Crippen molar-refractivity contribution in [1.82, 2.24) is 10.3 Å². The van der Waals surface area contributed by atoms with Crippen molar-refractivity contribution in [3.8, 4) is 5.75 Å². The van der Waals surface area contributed by atoms with E-state index in [9.17, 15) is 4.79 Å². The standard InChI is InChI=1S/C20H24N2O2/c1-24-16-2-3-17-15(7-16)8-18(21-17)19(23)22-20-9-12-4-13(10-20)6-14(5-12)11-20/h2-3,7-8,12-14,21H,4-6,9-11H2,1H3,(H,22,23). The van der Waals surface area contributed by atoms with Crippen molar-refractivity contribution >= 4 is 16.8 Å². The number of hydrogen-bond acceptors (Lipinski definition) is 2. The van der Waals surface area contributed by atoms with Gasteiger partial charge in [-0.1, -0.05) is 0 Å². The molecule has 2 aromatic rings. The second-order valence-corrected chi connectivity index (χ2v) is 8.29. The lowest BCUT2D eigenvalue weighted by Gasteiger charge is -2.56. The molecule has 4 bridgehead atoms. The molecule has 24 heavy (non-hydrogen) atoms. The third-order valence-corrected chi connectivity index (χ3v) is 6.49. The van der Waals surface area contributed by atoms with Crippen molar-refractivity contribution in [2.45, 2.75) is 44.1 Å². The predicted molar refractivity (Wildman–Crippen MR) is 93.2 cm³/mol. The number of benzene rings is 1. The smallest absolute Gasteiger partial charge is 0.268 e. The minimum atomic E-state index is 0.0483. The molecule has 0 radical (unpaired) electrons. The maximum Gasteiger partial charge on any atom is 0.268 e. The molecule has 1 heterocycles. The van der Waals surface area contributed by atoms with Crippen molar-refractivity contribution in [3.05, 3.63) is 30.0 Å². The van der Waals surface area contributed by atoms with Crippen molar-refractivity contribution in [1.29, 1.82) is 0 Å². The summed E-state index contributed by atoms with van der Waals surface area (Å²) in [6.07, 6.45) is 7.71. The van der Waals surface area contributed by atoms with Gasteiger partial charge in [0.15, 0.2) is 0 Å². The number of aromatic nitrogens is 1. The molecule has 4 nitrogen and oxygen atoms in total. The number of H-pyrrole nitrogens is 1. The second kappa shape index (κ2) is 5.01. The molecule has 0 atom stereocenters. The van der Waals surface area contributed by atoms with Crippen LogP contribution in [-0.4, -0.2) is 23.5 Å². The van der Waals surface area contributed by atoms with E-state index >= 15 is 0 Å².